The lowest BCUT2D eigenvalue weighted by atomic mass is 10.2. The molecule has 7 heteroatoms. The minimum atomic E-state index is -0.963. The Kier molecular flexibility index (Phi) is 4.43. The van der Waals surface area contributed by atoms with Crippen LogP contribution in [0.1, 0.15) is 23.2 Å². The lowest BCUT2D eigenvalue weighted by molar-refractivity contribution is 0.443. The Balaban J connectivity index is 1.53. The average Bonchev–Trinajstić information content (AvgIpc) is 3.13. The summed E-state index contributed by atoms with van der Waals surface area (Å²) in [7, 11) is 0. The van der Waals surface area contributed by atoms with Gasteiger partial charge >= 0.3 is 0 Å². The van der Waals surface area contributed by atoms with Crippen molar-refractivity contribution in [2.45, 2.75) is 25.8 Å². The van der Waals surface area contributed by atoms with Crippen molar-refractivity contribution in [2.75, 3.05) is 5.32 Å². The average molecular weight is 354 g/mol. The van der Waals surface area contributed by atoms with Crippen LogP contribution in [0.4, 0.5) is 14.6 Å². The first-order chi connectivity index (χ1) is 12.7. The van der Waals surface area contributed by atoms with Crippen LogP contribution in [0.3, 0.4) is 0 Å². The van der Waals surface area contributed by atoms with Gasteiger partial charge in [-0.25, -0.2) is 23.7 Å². The van der Waals surface area contributed by atoms with Crippen molar-refractivity contribution < 1.29 is 13.5 Å². The zero-order valence-corrected chi connectivity index (χ0v) is 13.9. The summed E-state index contributed by atoms with van der Waals surface area (Å²) in [5, 5.41) is 3.30. The summed E-state index contributed by atoms with van der Waals surface area (Å²) in [5.74, 6) is -0.550. The van der Waals surface area contributed by atoms with Crippen LogP contribution in [0.2, 0.25) is 0 Å². The summed E-state index contributed by atoms with van der Waals surface area (Å²) >= 11 is 0. The standard InChI is InChI=1S/C19H16F2N4O/c20-15-7-6-13(9-16(15)21)26-19-12(3-2-8-22-19)10-23-18-14-4-1-5-17(14)24-11-25-18/h2-3,6-9,11H,1,4-5,10H2,(H,23,24,25). The maximum absolute atomic E-state index is 13.4. The molecule has 4 rings (SSSR count). The van der Waals surface area contributed by atoms with Crippen LogP contribution >= 0.6 is 0 Å². The minimum Gasteiger partial charge on any atom is -0.439 e. The number of nitrogens with one attached hydrogen (secondary N) is 1. The van der Waals surface area contributed by atoms with E-state index in [2.05, 4.69) is 20.3 Å². The van der Waals surface area contributed by atoms with Crippen LogP contribution in [0, 0.1) is 11.6 Å². The lowest BCUT2D eigenvalue weighted by Crippen LogP contribution is -2.07. The second-order valence-corrected chi connectivity index (χ2v) is 6.00. The highest BCUT2D eigenvalue weighted by Gasteiger charge is 2.17. The number of benzene rings is 1. The molecule has 1 aromatic carbocycles. The van der Waals surface area contributed by atoms with Crippen LogP contribution in [-0.4, -0.2) is 15.0 Å². The molecule has 3 aromatic rings. The van der Waals surface area contributed by atoms with E-state index >= 15 is 0 Å². The number of rotatable bonds is 5. The number of hydrogen-bond donors (Lipinski definition) is 1. The van der Waals surface area contributed by atoms with Crippen LogP contribution in [-0.2, 0) is 19.4 Å². The number of anilines is 1. The molecule has 0 saturated heterocycles. The zero-order chi connectivity index (χ0) is 17.9. The SMILES string of the molecule is Fc1ccc(Oc2ncccc2CNc2ncnc3c2CCC3)cc1F. The molecule has 1 aliphatic carbocycles. The van der Waals surface area contributed by atoms with Crippen molar-refractivity contribution in [2.24, 2.45) is 0 Å². The highest BCUT2D eigenvalue weighted by atomic mass is 19.2. The predicted octanol–water partition coefficient (Wildman–Crippen LogP) is 4.04. The first kappa shape index (κ1) is 16.4. The van der Waals surface area contributed by atoms with Gasteiger partial charge in [-0.15, -0.1) is 0 Å². The first-order valence-corrected chi connectivity index (χ1v) is 8.34. The molecule has 0 atom stereocenters. The van der Waals surface area contributed by atoms with Gasteiger partial charge in [0.15, 0.2) is 11.6 Å². The summed E-state index contributed by atoms with van der Waals surface area (Å²) < 4.78 is 32.1. The summed E-state index contributed by atoms with van der Waals surface area (Å²) in [6.07, 6.45) is 6.17. The second kappa shape index (κ2) is 7.03. The van der Waals surface area contributed by atoms with E-state index in [9.17, 15) is 8.78 Å². The van der Waals surface area contributed by atoms with Gasteiger partial charge in [0, 0.05) is 35.6 Å². The van der Waals surface area contributed by atoms with E-state index in [1.165, 1.54) is 6.07 Å². The third kappa shape index (κ3) is 3.33. The third-order valence-corrected chi connectivity index (χ3v) is 4.28. The van der Waals surface area contributed by atoms with Crippen molar-refractivity contribution in [1.82, 2.24) is 15.0 Å². The molecule has 0 aliphatic heterocycles. The fourth-order valence-electron chi connectivity index (χ4n) is 2.99. The van der Waals surface area contributed by atoms with E-state index in [4.69, 9.17) is 4.74 Å². The zero-order valence-electron chi connectivity index (χ0n) is 13.9. The molecule has 1 aliphatic rings. The highest BCUT2D eigenvalue weighted by molar-refractivity contribution is 5.49. The monoisotopic (exact) mass is 354 g/mol. The molecule has 0 fully saturated rings. The van der Waals surface area contributed by atoms with Crippen LogP contribution in [0.5, 0.6) is 11.6 Å². The molecule has 132 valence electrons. The van der Waals surface area contributed by atoms with Gasteiger partial charge in [0.1, 0.15) is 17.9 Å². The molecule has 5 nitrogen and oxygen atoms in total. The second-order valence-electron chi connectivity index (χ2n) is 6.00. The van der Waals surface area contributed by atoms with Gasteiger partial charge in [-0.2, -0.15) is 0 Å². The molecule has 2 aromatic heterocycles. The molecule has 0 bridgehead atoms. The fraction of sp³-hybridized carbons (Fsp3) is 0.211. The fourth-order valence-corrected chi connectivity index (χ4v) is 2.99. The molecule has 0 radical (unpaired) electrons. The molecule has 0 amide bonds. The Morgan fingerprint density at radius 2 is 1.96 bits per heavy atom. The van der Waals surface area contributed by atoms with Gasteiger partial charge in [0.05, 0.1) is 0 Å². The van der Waals surface area contributed by atoms with Gasteiger partial charge in [-0.3, -0.25) is 0 Å². The van der Waals surface area contributed by atoms with Gasteiger partial charge in [0.25, 0.3) is 0 Å². The highest BCUT2D eigenvalue weighted by Crippen LogP contribution is 2.27. The van der Waals surface area contributed by atoms with Gasteiger partial charge < -0.3 is 10.1 Å². The molecule has 0 unspecified atom stereocenters. The smallest absolute Gasteiger partial charge is 0.224 e. The van der Waals surface area contributed by atoms with Crippen LogP contribution < -0.4 is 10.1 Å². The molecule has 0 saturated carbocycles. The molecule has 26 heavy (non-hydrogen) atoms. The maximum atomic E-state index is 13.4. The van der Waals surface area contributed by atoms with Gasteiger partial charge in [0.2, 0.25) is 5.88 Å². The summed E-state index contributed by atoms with van der Waals surface area (Å²) in [4.78, 5) is 12.8. The largest absolute Gasteiger partial charge is 0.439 e. The Morgan fingerprint density at radius 1 is 1.04 bits per heavy atom. The Bertz CT molecular complexity index is 949. The van der Waals surface area contributed by atoms with E-state index in [0.717, 1.165) is 54.0 Å². The van der Waals surface area contributed by atoms with Crippen molar-refractivity contribution in [1.29, 1.82) is 0 Å². The molecule has 1 N–H and O–H groups in total. The Labute approximate surface area is 149 Å². The van der Waals surface area contributed by atoms with Crippen LogP contribution in [0.15, 0.2) is 42.9 Å². The van der Waals surface area contributed by atoms with E-state index in [1.807, 2.05) is 6.07 Å². The number of fused-ring (bicyclic) bond motifs is 1. The quantitative estimate of drug-likeness (QED) is 0.749. The first-order valence-electron chi connectivity index (χ1n) is 8.34. The summed E-state index contributed by atoms with van der Waals surface area (Å²) in [5.41, 5.74) is 3.02. The maximum Gasteiger partial charge on any atom is 0.224 e. The summed E-state index contributed by atoms with van der Waals surface area (Å²) in [6, 6.07) is 7.03. The van der Waals surface area contributed by atoms with Crippen molar-refractivity contribution in [3.8, 4) is 11.6 Å². The van der Waals surface area contributed by atoms with E-state index in [1.54, 1.807) is 18.6 Å². The third-order valence-electron chi connectivity index (χ3n) is 4.28. The van der Waals surface area contributed by atoms with Crippen LogP contribution in [0.25, 0.3) is 0 Å². The van der Waals surface area contributed by atoms with E-state index in [-0.39, 0.29) is 5.75 Å². The van der Waals surface area contributed by atoms with E-state index < -0.39 is 11.6 Å². The topological polar surface area (TPSA) is 59.9 Å². The Hall–Kier alpha value is -3.09. The number of pyridine rings is 1. The number of halogens is 2. The number of aryl methyl sites for hydroxylation is 1. The number of hydrogen-bond acceptors (Lipinski definition) is 5. The molecular formula is C19H16F2N4O. The van der Waals surface area contributed by atoms with Crippen molar-refractivity contribution in [3.05, 3.63) is 71.3 Å². The van der Waals surface area contributed by atoms with Crippen molar-refractivity contribution in [3.63, 3.8) is 0 Å². The molecule has 2 heterocycles. The van der Waals surface area contributed by atoms with Gasteiger partial charge in [-0.1, -0.05) is 6.07 Å². The van der Waals surface area contributed by atoms with Gasteiger partial charge in [-0.05, 0) is 37.5 Å². The summed E-state index contributed by atoms with van der Waals surface area (Å²) in [6.45, 7) is 0.441. The predicted molar refractivity (Wildman–Crippen MR) is 92.1 cm³/mol. The molecule has 0 spiro atoms. The number of aromatic nitrogens is 3. The minimum absolute atomic E-state index is 0.187. The molecular weight excluding hydrogens is 338 g/mol. The van der Waals surface area contributed by atoms with Crippen molar-refractivity contribution >= 4 is 5.82 Å². The number of ether oxygens (including phenoxy) is 1. The normalized spacial score (nSPS) is 12.7. The number of nitrogens with zero attached hydrogens (tertiary/aromatic N) is 3. The lowest BCUT2D eigenvalue weighted by Gasteiger charge is -2.13. The van der Waals surface area contributed by atoms with E-state index in [0.29, 0.717) is 12.4 Å². The Morgan fingerprint density at radius 3 is 2.85 bits per heavy atom.